The maximum atomic E-state index is 9.06. The van der Waals surface area contributed by atoms with Crippen molar-refractivity contribution < 1.29 is 19.5 Å². The highest BCUT2D eigenvalue weighted by Gasteiger charge is 2.10. The molecule has 4 nitrogen and oxygen atoms in total. The first-order valence-electron chi connectivity index (χ1n) is 6.13. The minimum atomic E-state index is -1.50. The molecule has 0 radical (unpaired) electrons. The SMILES string of the molecule is OB(O)c1cccc(OCCOc2ccccc2Cl)c1. The van der Waals surface area contributed by atoms with E-state index in [2.05, 4.69) is 0 Å². The van der Waals surface area contributed by atoms with Crippen molar-refractivity contribution in [1.82, 2.24) is 0 Å². The van der Waals surface area contributed by atoms with E-state index in [0.29, 0.717) is 35.2 Å². The largest absolute Gasteiger partial charge is 0.490 e. The molecule has 0 spiro atoms. The Hall–Kier alpha value is -1.69. The zero-order chi connectivity index (χ0) is 14.4. The second-order valence-electron chi connectivity index (χ2n) is 4.07. The smallest absolute Gasteiger partial charge is 0.488 e. The Morgan fingerprint density at radius 2 is 1.70 bits per heavy atom. The molecule has 2 aromatic carbocycles. The summed E-state index contributed by atoms with van der Waals surface area (Å²) in [6.45, 7) is 0.672. The maximum absolute atomic E-state index is 9.06. The summed E-state index contributed by atoms with van der Waals surface area (Å²) < 4.78 is 10.9. The highest BCUT2D eigenvalue weighted by molar-refractivity contribution is 6.58. The van der Waals surface area contributed by atoms with E-state index in [0.717, 1.165) is 0 Å². The van der Waals surface area contributed by atoms with Gasteiger partial charge in [-0.1, -0.05) is 35.9 Å². The van der Waals surface area contributed by atoms with Crippen molar-refractivity contribution >= 4 is 24.2 Å². The predicted molar refractivity (Wildman–Crippen MR) is 78.7 cm³/mol. The fourth-order valence-electron chi connectivity index (χ4n) is 1.64. The van der Waals surface area contributed by atoms with Gasteiger partial charge in [0.2, 0.25) is 0 Å². The van der Waals surface area contributed by atoms with Crippen LogP contribution in [-0.2, 0) is 0 Å². The van der Waals surface area contributed by atoms with Gasteiger partial charge in [0.25, 0.3) is 0 Å². The monoisotopic (exact) mass is 292 g/mol. The number of halogens is 1. The molecule has 0 aliphatic carbocycles. The summed E-state index contributed by atoms with van der Waals surface area (Å²) in [6.07, 6.45) is 0. The summed E-state index contributed by atoms with van der Waals surface area (Å²) in [7, 11) is -1.50. The average Bonchev–Trinajstić information content (AvgIpc) is 2.45. The van der Waals surface area contributed by atoms with Crippen LogP contribution in [0.4, 0.5) is 0 Å². The van der Waals surface area contributed by atoms with E-state index in [4.69, 9.17) is 31.1 Å². The van der Waals surface area contributed by atoms with E-state index in [-0.39, 0.29) is 0 Å². The van der Waals surface area contributed by atoms with Gasteiger partial charge in [-0.25, -0.2) is 0 Å². The number of hydrogen-bond donors (Lipinski definition) is 2. The molecule has 0 saturated heterocycles. The Morgan fingerprint density at radius 1 is 0.950 bits per heavy atom. The quantitative estimate of drug-likeness (QED) is 0.625. The molecule has 0 heterocycles. The second kappa shape index (κ2) is 7.19. The lowest BCUT2D eigenvalue weighted by molar-refractivity contribution is 0.217. The lowest BCUT2D eigenvalue weighted by Gasteiger charge is -2.10. The lowest BCUT2D eigenvalue weighted by atomic mass is 9.80. The molecule has 0 amide bonds. The second-order valence-corrected chi connectivity index (χ2v) is 4.48. The van der Waals surface area contributed by atoms with Crippen LogP contribution in [0.2, 0.25) is 5.02 Å². The molecular formula is C14H14BClO4. The van der Waals surface area contributed by atoms with Gasteiger partial charge in [-0.2, -0.15) is 0 Å². The van der Waals surface area contributed by atoms with Gasteiger partial charge in [0, 0.05) is 0 Å². The summed E-state index contributed by atoms with van der Waals surface area (Å²) in [4.78, 5) is 0. The fraction of sp³-hybridized carbons (Fsp3) is 0.143. The van der Waals surface area contributed by atoms with Gasteiger partial charge in [-0.3, -0.25) is 0 Å². The van der Waals surface area contributed by atoms with E-state index in [1.54, 1.807) is 36.4 Å². The van der Waals surface area contributed by atoms with Crippen LogP contribution in [0.5, 0.6) is 11.5 Å². The fourth-order valence-corrected chi connectivity index (χ4v) is 1.83. The number of rotatable bonds is 6. The predicted octanol–water partition coefficient (Wildman–Crippen LogP) is 1.48. The zero-order valence-electron chi connectivity index (χ0n) is 10.7. The topological polar surface area (TPSA) is 58.9 Å². The maximum Gasteiger partial charge on any atom is 0.488 e. The third-order valence-electron chi connectivity index (χ3n) is 2.60. The van der Waals surface area contributed by atoms with Crippen molar-refractivity contribution in [2.24, 2.45) is 0 Å². The molecule has 0 aliphatic heterocycles. The van der Waals surface area contributed by atoms with Crippen LogP contribution in [0.25, 0.3) is 0 Å². The van der Waals surface area contributed by atoms with Crippen molar-refractivity contribution in [2.75, 3.05) is 13.2 Å². The summed E-state index contributed by atoms with van der Waals surface area (Å²) in [5, 5.41) is 18.7. The van der Waals surface area contributed by atoms with E-state index >= 15 is 0 Å². The minimum absolute atomic E-state index is 0.330. The number of hydrogen-bond acceptors (Lipinski definition) is 4. The minimum Gasteiger partial charge on any atom is -0.490 e. The number of ether oxygens (including phenoxy) is 2. The number of para-hydroxylation sites is 1. The summed E-state index contributed by atoms with van der Waals surface area (Å²) >= 11 is 5.95. The van der Waals surface area contributed by atoms with E-state index in [9.17, 15) is 0 Å². The molecule has 2 rings (SSSR count). The van der Waals surface area contributed by atoms with Crippen molar-refractivity contribution in [3.63, 3.8) is 0 Å². The van der Waals surface area contributed by atoms with E-state index < -0.39 is 7.12 Å². The molecule has 0 atom stereocenters. The van der Waals surface area contributed by atoms with Crippen molar-refractivity contribution in [2.45, 2.75) is 0 Å². The van der Waals surface area contributed by atoms with Crippen molar-refractivity contribution in [3.05, 3.63) is 53.6 Å². The van der Waals surface area contributed by atoms with Gasteiger partial charge in [0.1, 0.15) is 24.7 Å². The molecule has 0 saturated carbocycles. The molecule has 2 N–H and O–H groups in total. The van der Waals surface area contributed by atoms with E-state index in [1.807, 2.05) is 12.1 Å². The molecule has 0 fully saturated rings. The third-order valence-corrected chi connectivity index (χ3v) is 2.91. The van der Waals surface area contributed by atoms with Crippen LogP contribution < -0.4 is 14.9 Å². The van der Waals surface area contributed by atoms with Crippen LogP contribution >= 0.6 is 11.6 Å². The first-order valence-corrected chi connectivity index (χ1v) is 6.51. The molecule has 0 bridgehead atoms. The van der Waals surface area contributed by atoms with Crippen LogP contribution in [0.3, 0.4) is 0 Å². The molecule has 0 aromatic heterocycles. The summed E-state index contributed by atoms with van der Waals surface area (Å²) in [6, 6.07) is 13.8. The summed E-state index contributed by atoms with van der Waals surface area (Å²) in [5.41, 5.74) is 0.384. The van der Waals surface area contributed by atoms with Gasteiger partial charge >= 0.3 is 7.12 Å². The molecular weight excluding hydrogens is 278 g/mol. The molecule has 104 valence electrons. The Labute approximate surface area is 122 Å². The summed E-state index contributed by atoms with van der Waals surface area (Å²) in [5.74, 6) is 1.16. The molecule has 0 unspecified atom stereocenters. The van der Waals surface area contributed by atoms with Crippen LogP contribution in [0.15, 0.2) is 48.5 Å². The Kier molecular flexibility index (Phi) is 5.29. The Morgan fingerprint density at radius 3 is 2.45 bits per heavy atom. The van der Waals surface area contributed by atoms with Crippen LogP contribution in [-0.4, -0.2) is 30.4 Å². The van der Waals surface area contributed by atoms with Gasteiger partial charge in [-0.15, -0.1) is 0 Å². The average molecular weight is 293 g/mol. The van der Waals surface area contributed by atoms with E-state index in [1.165, 1.54) is 0 Å². The number of benzene rings is 2. The van der Waals surface area contributed by atoms with Crippen molar-refractivity contribution in [3.8, 4) is 11.5 Å². The zero-order valence-corrected chi connectivity index (χ0v) is 11.5. The van der Waals surface area contributed by atoms with Crippen LogP contribution in [0, 0.1) is 0 Å². The van der Waals surface area contributed by atoms with Crippen molar-refractivity contribution in [1.29, 1.82) is 0 Å². The van der Waals surface area contributed by atoms with Gasteiger partial charge in [-0.05, 0) is 29.7 Å². The van der Waals surface area contributed by atoms with Gasteiger partial charge in [0.15, 0.2) is 0 Å². The molecule has 6 heteroatoms. The molecule has 2 aromatic rings. The third kappa shape index (κ3) is 4.16. The molecule has 20 heavy (non-hydrogen) atoms. The highest BCUT2D eigenvalue weighted by Crippen LogP contribution is 2.22. The molecule has 0 aliphatic rings. The first kappa shape index (κ1) is 14.7. The Bertz CT molecular complexity index is 562. The normalized spacial score (nSPS) is 10.2. The van der Waals surface area contributed by atoms with Gasteiger partial charge < -0.3 is 19.5 Å². The first-order chi connectivity index (χ1) is 9.66. The highest BCUT2D eigenvalue weighted by atomic mass is 35.5. The van der Waals surface area contributed by atoms with Gasteiger partial charge in [0.05, 0.1) is 5.02 Å². The standard InChI is InChI=1S/C14H14BClO4/c16-13-6-1-2-7-14(13)20-9-8-19-12-5-3-4-11(10-12)15(17)18/h1-7,10,17-18H,8-9H2. The Balaban J connectivity index is 1.82. The van der Waals surface area contributed by atoms with Crippen LogP contribution in [0.1, 0.15) is 0 Å². The lowest BCUT2D eigenvalue weighted by Crippen LogP contribution is -2.29.